The molecule has 0 fully saturated rings. The average molecular weight is 407 g/mol. The number of nitrogens with one attached hydrogen (secondary N) is 2. The van der Waals surface area contributed by atoms with Crippen molar-refractivity contribution in [1.29, 1.82) is 0 Å². The van der Waals surface area contributed by atoms with Crippen LogP contribution in [0.15, 0.2) is 0 Å². The summed E-state index contributed by atoms with van der Waals surface area (Å²) in [6.45, 7) is -0.567. The summed E-state index contributed by atoms with van der Waals surface area (Å²) in [4.78, 5) is 43.7. The van der Waals surface area contributed by atoms with Gasteiger partial charge in [-0.15, -0.1) is 0 Å². The Hall–Kier alpha value is -1.67. The third-order valence-electron chi connectivity index (χ3n) is 2.25. The van der Waals surface area contributed by atoms with Gasteiger partial charge in [0.15, 0.2) is 0 Å². The molecule has 14 heteroatoms. The first-order valence-corrected chi connectivity index (χ1v) is 8.62. The van der Waals surface area contributed by atoms with Gasteiger partial charge in [-0.25, -0.2) is 0 Å². The number of hydrogen-bond donors (Lipinski definition) is 7. The molecule has 0 aliphatic carbocycles. The van der Waals surface area contributed by atoms with Crippen molar-refractivity contribution in [3.8, 4) is 0 Å². The van der Waals surface area contributed by atoms with E-state index >= 15 is 0 Å². The maximum absolute atomic E-state index is 11.5. The summed E-state index contributed by atoms with van der Waals surface area (Å²) >= 11 is 0.186. The summed E-state index contributed by atoms with van der Waals surface area (Å²) in [5, 5.41) is 21.4. The molecular weight excluding hydrogens is 389 g/mol. The molecule has 0 saturated heterocycles. The molecule has 0 aromatic rings. The van der Waals surface area contributed by atoms with Crippen molar-refractivity contribution < 1.29 is 56.2 Å². The van der Waals surface area contributed by atoms with E-state index in [1.807, 2.05) is 0 Å². The van der Waals surface area contributed by atoms with Gasteiger partial charge in [-0.05, 0) is 6.42 Å². The Morgan fingerprint density at radius 1 is 1.17 bits per heavy atom. The Morgan fingerprint density at radius 2 is 1.67 bits per heavy atom. The van der Waals surface area contributed by atoms with E-state index in [2.05, 4.69) is 23.3 Å². The molecule has 12 nitrogen and oxygen atoms in total. The fraction of sp³-hybridized carbons (Fsp3) is 0.600. The van der Waals surface area contributed by atoms with Crippen LogP contribution in [0, 0.1) is 0 Å². The van der Waals surface area contributed by atoms with Crippen LogP contribution in [-0.2, 0) is 41.9 Å². The van der Waals surface area contributed by atoms with Crippen LogP contribution >= 0.6 is 12.6 Å². The van der Waals surface area contributed by atoms with Crippen LogP contribution < -0.4 is 16.4 Å². The predicted molar refractivity (Wildman–Crippen MR) is 74.9 cm³/mol. The van der Waals surface area contributed by atoms with Crippen LogP contribution in [0.1, 0.15) is 12.8 Å². The van der Waals surface area contributed by atoms with Gasteiger partial charge >= 0.3 is 38.7 Å². The van der Waals surface area contributed by atoms with E-state index in [9.17, 15) is 19.2 Å². The fourth-order valence-corrected chi connectivity index (χ4v) is 1.41. The zero-order valence-corrected chi connectivity index (χ0v) is 14.5. The number of thiol groups is 1. The summed E-state index contributed by atoms with van der Waals surface area (Å²) in [6, 6.07) is -2.15. The molecule has 2 amide bonds. The van der Waals surface area contributed by atoms with Gasteiger partial charge in [0.2, 0.25) is 11.8 Å². The first kappa shape index (κ1) is 24.6. The number of carboxylic acid groups (broad SMARTS) is 2. The molecule has 0 radical (unpaired) electrons. The molecule has 0 spiro atoms. The number of carbonyl (C=O) groups excluding carboxylic acids is 2. The number of hydrogen-bond acceptors (Lipinski definition) is 8. The summed E-state index contributed by atoms with van der Waals surface area (Å²) < 4.78 is 24.4. The normalized spacial score (nSPS) is 12.0. The van der Waals surface area contributed by atoms with Gasteiger partial charge in [0.05, 0.1) is 0 Å². The standard InChI is InChI=1S/C10H17N3O6S.H2O.2O.V/c11-5(10(18)19)1-2-7(14)13-6(4-20)9(17)12-3-8(15)16;;;;/h5-6,20H,1-4,11H2,(H,12,17)(H,13,14)(H,15,16)(H,18,19);1H2;;;/q;;;;+1/p-1. The first-order chi connectivity index (χ1) is 11.0. The van der Waals surface area contributed by atoms with Gasteiger partial charge in [-0.1, -0.05) is 0 Å². The van der Waals surface area contributed by atoms with Gasteiger partial charge in [-0.2, -0.15) is 12.6 Å². The number of amides is 2. The predicted octanol–water partition coefficient (Wildman–Crippen LogP) is -3.00. The molecule has 0 bridgehead atoms. The minimum atomic E-state index is -3.69. The molecule has 7 N–H and O–H groups in total. The van der Waals surface area contributed by atoms with Gasteiger partial charge in [0, 0.05) is 12.2 Å². The van der Waals surface area contributed by atoms with Crippen LogP contribution in [0.5, 0.6) is 0 Å². The fourth-order valence-electron chi connectivity index (χ4n) is 1.16. The third-order valence-corrected chi connectivity index (χ3v) is 2.61. The average Bonchev–Trinajstić information content (AvgIpc) is 2.46. The van der Waals surface area contributed by atoms with E-state index in [0.717, 1.165) is 0 Å². The number of carboxylic acids is 2. The van der Waals surface area contributed by atoms with Crippen molar-refractivity contribution in [3.05, 3.63) is 0 Å². The maximum atomic E-state index is 11.5. The second kappa shape index (κ2) is 13.7. The Kier molecular flexibility index (Phi) is 14.1. The van der Waals surface area contributed by atoms with E-state index in [1.165, 1.54) is 0 Å². The van der Waals surface area contributed by atoms with Crippen molar-refractivity contribution in [2.45, 2.75) is 24.9 Å². The summed E-state index contributed by atoms with van der Waals surface area (Å²) in [5.74, 6) is -3.70. The zero-order valence-electron chi connectivity index (χ0n) is 12.2. The number of aliphatic carboxylic acids is 2. The van der Waals surface area contributed by atoms with E-state index in [1.54, 1.807) is 0 Å². The summed E-state index contributed by atoms with van der Waals surface area (Å²) in [5.41, 5.74) is 5.23. The molecule has 0 heterocycles. The van der Waals surface area contributed by atoms with Gasteiger partial charge in [0.25, 0.3) is 0 Å². The van der Waals surface area contributed by atoms with Crippen LogP contribution in [0.2, 0.25) is 0 Å². The summed E-state index contributed by atoms with van der Waals surface area (Å²) in [7, 11) is 0. The monoisotopic (exact) mass is 407 g/mol. The van der Waals surface area contributed by atoms with E-state index in [4.69, 9.17) is 27.3 Å². The topological polar surface area (TPSA) is 213 Å². The van der Waals surface area contributed by atoms with Crippen molar-refractivity contribution in [2.75, 3.05) is 12.3 Å². The second-order valence-electron chi connectivity index (χ2n) is 4.14. The molecule has 0 rings (SSSR count). The van der Waals surface area contributed by atoms with Crippen molar-refractivity contribution in [2.24, 2.45) is 5.73 Å². The van der Waals surface area contributed by atoms with E-state index < -0.39 is 57.8 Å². The Morgan fingerprint density at radius 3 is 2.04 bits per heavy atom. The Bertz CT molecular complexity index is 518. The number of carbonyl (C=O) groups is 4. The molecule has 0 aliphatic rings. The Labute approximate surface area is 146 Å². The third kappa shape index (κ3) is 15.2. The van der Waals surface area contributed by atoms with E-state index in [0.29, 0.717) is 0 Å². The van der Waals surface area contributed by atoms with Crippen LogP contribution in [0.3, 0.4) is 0 Å². The molecule has 2 unspecified atom stereocenters. The van der Waals surface area contributed by atoms with Crippen LogP contribution in [-0.4, -0.2) is 62.4 Å². The SMILES string of the molecule is NC(CCC(=O)NC(CS)C(=O)NCC(=O)O)C(=O)O.[O]=[V](=[O])[OH]. The molecule has 0 saturated carbocycles. The van der Waals surface area contributed by atoms with Crippen LogP contribution in [0.25, 0.3) is 0 Å². The second-order valence-corrected chi connectivity index (χ2v) is 5.24. The first-order valence-electron chi connectivity index (χ1n) is 6.22. The molecule has 0 aliphatic heterocycles. The van der Waals surface area contributed by atoms with E-state index in [-0.39, 0.29) is 18.6 Å². The number of nitrogens with two attached hydrogens (primary N) is 1. The molecular formula is C10H18N3O9SV. The van der Waals surface area contributed by atoms with Gasteiger partial charge in [0.1, 0.15) is 18.6 Å². The van der Waals surface area contributed by atoms with Gasteiger partial charge in [-0.3, -0.25) is 19.2 Å². The quantitative estimate of drug-likeness (QED) is 0.192. The van der Waals surface area contributed by atoms with Gasteiger partial charge < -0.3 is 26.6 Å². The minimum absolute atomic E-state index is 0.0256. The number of rotatable bonds is 9. The molecule has 2 atom stereocenters. The summed E-state index contributed by atoms with van der Waals surface area (Å²) in [6.07, 6.45) is -0.235. The Balaban J connectivity index is 0. The van der Waals surface area contributed by atoms with Crippen molar-refractivity contribution in [1.82, 2.24) is 10.6 Å². The molecule has 138 valence electrons. The molecule has 0 aromatic heterocycles. The van der Waals surface area contributed by atoms with Crippen molar-refractivity contribution in [3.63, 3.8) is 0 Å². The molecule has 24 heavy (non-hydrogen) atoms. The van der Waals surface area contributed by atoms with Crippen LogP contribution in [0.4, 0.5) is 0 Å². The van der Waals surface area contributed by atoms with Crippen molar-refractivity contribution >= 4 is 36.4 Å². The molecule has 0 aromatic carbocycles. The zero-order chi connectivity index (χ0) is 19.3.